The molecule has 570 valence electrons. The third-order valence-electron chi connectivity index (χ3n) is 21.0. The fraction of sp³-hybridized carbons (Fsp3) is 0.487. The van der Waals surface area contributed by atoms with Crippen LogP contribution >= 0.6 is 34.7 Å². The predicted octanol–water partition coefficient (Wildman–Crippen LogP) is 12.4. The minimum atomic E-state index is -6.17. The number of alkyl halides is 3. The molecular formula is C78H96ClF3N10O10S4. The molecule has 1 aromatic heterocycles. The predicted molar refractivity (Wildman–Crippen MR) is 410 cm³/mol. The van der Waals surface area contributed by atoms with Crippen LogP contribution in [-0.2, 0) is 39.0 Å². The molecule has 0 bridgehead atoms. The number of sulfone groups is 1. The van der Waals surface area contributed by atoms with Crippen LogP contribution in [-0.4, -0.2) is 184 Å². The Morgan fingerprint density at radius 2 is 1.42 bits per heavy atom. The number of piperazine rings is 1. The molecule has 28 heteroatoms. The number of thioether (sulfide) groups is 1. The summed E-state index contributed by atoms with van der Waals surface area (Å²) in [5.41, 5.74) is 2.47. The number of likely N-dealkylation sites (tertiary alicyclic amines) is 3. The molecule has 5 heterocycles. The molecule has 1 aliphatic carbocycles. The van der Waals surface area contributed by atoms with Crippen molar-refractivity contribution in [1.82, 2.24) is 39.9 Å². The maximum atomic E-state index is 14.6. The third-order valence-corrected chi connectivity index (χ3v) is 26.3. The lowest BCUT2D eigenvalue weighted by atomic mass is 9.85. The third kappa shape index (κ3) is 20.1. The molecular weight excluding hydrogens is 1460 g/mol. The number of unbranched alkanes of at least 4 members (excludes halogenated alkanes) is 2. The number of halogens is 4. The number of carbonyl (C=O) groups is 5. The Hall–Kier alpha value is -7.37. The zero-order chi connectivity index (χ0) is 75.7. The molecule has 5 aromatic carbocycles. The van der Waals surface area contributed by atoms with Crippen molar-refractivity contribution in [1.29, 1.82) is 0 Å². The highest BCUT2D eigenvalue weighted by atomic mass is 35.5. The van der Waals surface area contributed by atoms with Gasteiger partial charge in [-0.1, -0.05) is 105 Å². The van der Waals surface area contributed by atoms with Crippen molar-refractivity contribution in [3.05, 3.63) is 160 Å². The van der Waals surface area contributed by atoms with E-state index in [2.05, 4.69) is 47.8 Å². The summed E-state index contributed by atoms with van der Waals surface area (Å²) in [6.45, 7) is 16.0. The maximum absolute atomic E-state index is 14.6. The van der Waals surface area contributed by atoms with Gasteiger partial charge < -0.3 is 40.7 Å². The number of aliphatic hydroxyl groups excluding tert-OH is 1. The van der Waals surface area contributed by atoms with Gasteiger partial charge in [-0.3, -0.25) is 28.9 Å². The zero-order valence-corrected chi connectivity index (χ0v) is 64.6. The number of nitrogens with zero attached hydrogens (tertiary/aromatic N) is 6. The molecule has 7 atom stereocenters. The summed E-state index contributed by atoms with van der Waals surface area (Å²) < 4.78 is 101. The van der Waals surface area contributed by atoms with Crippen LogP contribution in [0.5, 0.6) is 0 Å². The molecule has 20 nitrogen and oxygen atoms in total. The second-order valence-corrected chi connectivity index (χ2v) is 35.8. The number of hydrogen-bond acceptors (Lipinski definition) is 17. The average molecular weight is 1550 g/mol. The van der Waals surface area contributed by atoms with E-state index < -0.39 is 94.3 Å². The highest BCUT2D eigenvalue weighted by molar-refractivity contribution is 7.99. The largest absolute Gasteiger partial charge is 0.501 e. The Bertz CT molecular complexity index is 4340. The molecule has 4 saturated heterocycles. The van der Waals surface area contributed by atoms with Crippen LogP contribution in [0.4, 0.5) is 24.5 Å². The van der Waals surface area contributed by atoms with Crippen LogP contribution in [0.3, 0.4) is 0 Å². The SMILES string of the molecule is Cc1ncsc1-c1ccc([C@H](C)NC(=O)C2CC(O)CN2C(=O)[C@@H](NC(=O)CCCCCC(=O)N2CC3CN(CC[C@H](CSc4ccccc4)Nc4ccc(S(=O)(=O)NC(=O)c5ccc(N6CCN(CC7=C(c8ccc(Cl)cc8)CCCCC7)CC6)cc5)cc4S(=O)(=O)C(F)(F)F)CC3C2)C(C)(C)C)cc1. The van der Waals surface area contributed by atoms with Gasteiger partial charge in [-0.15, -0.1) is 23.1 Å². The molecule has 0 saturated carbocycles. The van der Waals surface area contributed by atoms with Crippen molar-refractivity contribution in [2.24, 2.45) is 17.3 Å². The first-order valence-corrected chi connectivity index (χ1v) is 41.8. The van der Waals surface area contributed by atoms with Crippen molar-refractivity contribution >= 4 is 101 Å². The highest BCUT2D eigenvalue weighted by Gasteiger charge is 2.49. The number of carbonyl (C=O) groups excluding carboxylic acids is 5. The number of anilines is 2. The molecule has 5 N–H and O–H groups in total. The van der Waals surface area contributed by atoms with Crippen LogP contribution in [0, 0.1) is 24.2 Å². The number of β-amino-alcohol motifs (C(OH)–C–C–N with tert-alkyl or cyclic N) is 1. The Morgan fingerprint density at radius 1 is 0.755 bits per heavy atom. The number of thiazole rings is 1. The van der Waals surface area contributed by atoms with Gasteiger partial charge in [0.25, 0.3) is 25.8 Å². The number of aliphatic hydroxyl groups is 1. The van der Waals surface area contributed by atoms with Crippen molar-refractivity contribution in [3.8, 4) is 10.4 Å². The second kappa shape index (κ2) is 34.9. The molecule has 106 heavy (non-hydrogen) atoms. The van der Waals surface area contributed by atoms with E-state index in [1.165, 1.54) is 51.9 Å². The normalized spacial score (nSPS) is 20.0. The number of benzene rings is 5. The fourth-order valence-electron chi connectivity index (χ4n) is 15.0. The fourth-order valence-corrected chi connectivity index (χ4v) is 19.0. The van der Waals surface area contributed by atoms with E-state index in [0.717, 1.165) is 89.7 Å². The van der Waals surface area contributed by atoms with Gasteiger partial charge in [0.2, 0.25) is 23.6 Å². The quantitative estimate of drug-likeness (QED) is 0.0226. The standard InChI is InChI=1S/C78H96ClF3N10O10S4/c1-51(53-21-23-55(24-22-53)72-52(2)83-50-104-72)84-75(97)68-41-63(93)48-92(68)76(98)73(77(3,4)5)86-70(94)19-13-8-14-20-71(95)91-46-58-44-89(45-59(58)47-91)36-35-61(49-103-64-16-10-7-11-17-64)85-67-34-33-65(42-69(67)105(99,100)78(80,81)82)106(101,102)87-74(96)56-27-31-62(32-28-56)90-39-37-88(38-40-90)43-57-15-9-6-12-18-66(57)54-25-29-60(79)30-26-54/h7,10-11,16-17,21-34,42,50-51,58-59,61,63,68,73,85,93H,6,8-9,12-15,18-20,35-41,43-49H2,1-5H3,(H,84,97)(H,86,94)(H,87,96)/t51-,58?,59?,61+,63?,68?,73+/m0/s1. The minimum absolute atomic E-state index is 0.00633. The zero-order valence-electron chi connectivity index (χ0n) is 60.6. The van der Waals surface area contributed by atoms with Crippen LogP contribution in [0.2, 0.25) is 5.02 Å². The van der Waals surface area contributed by atoms with Crippen molar-refractivity contribution in [3.63, 3.8) is 0 Å². The van der Waals surface area contributed by atoms with Crippen LogP contribution in [0.15, 0.2) is 147 Å². The summed E-state index contributed by atoms with van der Waals surface area (Å²) in [6, 6.07) is 31.0. The summed E-state index contributed by atoms with van der Waals surface area (Å²) >= 11 is 9.18. The van der Waals surface area contributed by atoms with Gasteiger partial charge in [-0.25, -0.2) is 26.5 Å². The van der Waals surface area contributed by atoms with E-state index in [4.69, 9.17) is 11.6 Å². The molecule has 4 unspecified atom stereocenters. The number of sulfonamides is 1. The summed E-state index contributed by atoms with van der Waals surface area (Å²) in [5.74, 6) is -1.63. The van der Waals surface area contributed by atoms with Crippen molar-refractivity contribution < 1.29 is 59.1 Å². The van der Waals surface area contributed by atoms with Gasteiger partial charge in [-0.05, 0) is 165 Å². The molecule has 4 fully saturated rings. The van der Waals surface area contributed by atoms with Gasteiger partial charge in [0.15, 0.2) is 0 Å². The molecule has 11 rings (SSSR count). The summed E-state index contributed by atoms with van der Waals surface area (Å²) in [7, 11) is -11.1. The molecule has 5 amide bonds. The van der Waals surface area contributed by atoms with E-state index in [1.54, 1.807) is 29.0 Å². The van der Waals surface area contributed by atoms with Gasteiger partial charge in [0.05, 0.1) is 38.8 Å². The summed E-state index contributed by atoms with van der Waals surface area (Å²) in [5, 5.41) is 20.5. The van der Waals surface area contributed by atoms with Crippen molar-refractivity contribution in [2.75, 3.05) is 88.0 Å². The van der Waals surface area contributed by atoms with Crippen molar-refractivity contribution in [2.45, 2.75) is 162 Å². The van der Waals surface area contributed by atoms with Gasteiger partial charge in [0.1, 0.15) is 17.0 Å². The molecule has 4 aliphatic heterocycles. The topological polar surface area (TPSA) is 251 Å². The number of aryl methyl sites for hydroxylation is 1. The van der Waals surface area contributed by atoms with E-state index in [9.17, 15) is 59.1 Å². The number of allylic oxidation sites excluding steroid dienone is 1. The lowest BCUT2D eigenvalue weighted by molar-refractivity contribution is -0.144. The maximum Gasteiger partial charge on any atom is 0.501 e. The smallest absolute Gasteiger partial charge is 0.391 e. The van der Waals surface area contributed by atoms with Crippen LogP contribution in [0.25, 0.3) is 16.0 Å². The number of rotatable bonds is 28. The Labute approximate surface area is 633 Å². The van der Waals surface area contributed by atoms with E-state index >= 15 is 0 Å². The van der Waals surface area contributed by atoms with E-state index in [-0.39, 0.29) is 60.8 Å². The molecule has 5 aliphatic rings. The highest BCUT2D eigenvalue weighted by Crippen LogP contribution is 2.39. The van der Waals surface area contributed by atoms with E-state index in [0.29, 0.717) is 82.6 Å². The van der Waals surface area contributed by atoms with Crippen LogP contribution in [0.1, 0.15) is 138 Å². The van der Waals surface area contributed by atoms with Gasteiger partial charge >= 0.3 is 5.51 Å². The first kappa shape index (κ1) is 79.7. The summed E-state index contributed by atoms with van der Waals surface area (Å²) in [6.07, 6.45) is 7.03. The molecule has 0 spiro atoms. The number of fused-ring (bicyclic) bond motifs is 1. The Kier molecular flexibility index (Phi) is 26.2. The average Bonchev–Trinajstić information content (AvgIpc) is 1.10. The monoisotopic (exact) mass is 1550 g/mol. The number of aromatic nitrogens is 1. The summed E-state index contributed by atoms with van der Waals surface area (Å²) in [4.78, 5) is 83.1. The molecule has 6 aromatic rings. The minimum Gasteiger partial charge on any atom is -0.391 e. The first-order chi connectivity index (χ1) is 50.5. The first-order valence-electron chi connectivity index (χ1n) is 36.6. The Morgan fingerprint density at radius 3 is 2.08 bits per heavy atom. The van der Waals surface area contributed by atoms with Crippen LogP contribution < -0.4 is 25.6 Å². The van der Waals surface area contributed by atoms with Gasteiger partial charge in [-0.2, -0.15) is 13.2 Å². The Balaban J connectivity index is 0.642. The molecule has 0 radical (unpaired) electrons. The lowest BCUT2D eigenvalue weighted by Gasteiger charge is -2.37. The second-order valence-electron chi connectivity index (χ2n) is 29.8. The lowest BCUT2D eigenvalue weighted by Crippen LogP contribution is -2.57. The van der Waals surface area contributed by atoms with E-state index in [1.807, 2.05) is 111 Å². The number of nitrogens with one attached hydrogen (secondary N) is 4. The van der Waals surface area contributed by atoms with Gasteiger partial charge in [0, 0.05) is 124 Å². The number of hydrogen-bond donors (Lipinski definition) is 5. The number of amides is 5.